The maximum absolute atomic E-state index is 12.4. The van der Waals surface area contributed by atoms with Crippen molar-refractivity contribution < 1.29 is 24.5 Å². The molecule has 1 amide bonds. The van der Waals surface area contributed by atoms with Crippen molar-refractivity contribution in [1.29, 1.82) is 0 Å². The summed E-state index contributed by atoms with van der Waals surface area (Å²) >= 11 is 0. The van der Waals surface area contributed by atoms with Gasteiger partial charge in [-0.3, -0.25) is 9.59 Å². The minimum atomic E-state index is -0.696. The highest BCUT2D eigenvalue weighted by Crippen LogP contribution is 2.16. The summed E-state index contributed by atoms with van der Waals surface area (Å²) < 4.78 is 5.45. The first kappa shape index (κ1) is 58.1. The average Bonchev–Trinajstić information content (AvgIpc) is 3.25. The smallest absolute Gasteiger partial charge is 0.305 e. The Labute approximate surface area is 373 Å². The summed E-state index contributed by atoms with van der Waals surface area (Å²) in [6.07, 6.45) is 59.8. The predicted molar refractivity (Wildman–Crippen MR) is 259 cm³/mol. The zero-order chi connectivity index (χ0) is 43.7. The molecule has 0 fully saturated rings. The summed E-state index contributed by atoms with van der Waals surface area (Å²) in [5.41, 5.74) is 0. The van der Waals surface area contributed by atoms with Crippen LogP contribution < -0.4 is 5.32 Å². The fourth-order valence-electron chi connectivity index (χ4n) is 7.85. The number of allylic oxidation sites excluding steroid dienone is 6. The zero-order valence-corrected chi connectivity index (χ0v) is 39.9. The normalized spacial score (nSPS) is 12.9. The van der Waals surface area contributed by atoms with Crippen molar-refractivity contribution in [3.63, 3.8) is 0 Å². The van der Waals surface area contributed by atoms with Crippen LogP contribution in [0.5, 0.6) is 0 Å². The molecule has 0 saturated carbocycles. The minimum Gasteiger partial charge on any atom is -0.466 e. The van der Waals surface area contributed by atoms with Gasteiger partial charge in [0.15, 0.2) is 0 Å². The number of unbranched alkanes of at least 4 members (excludes halogenated alkanes) is 31. The number of hydrogen-bond donors (Lipinski definition) is 3. The van der Waals surface area contributed by atoms with E-state index in [9.17, 15) is 19.8 Å². The van der Waals surface area contributed by atoms with E-state index in [1.165, 1.54) is 161 Å². The lowest BCUT2D eigenvalue weighted by Gasteiger charge is -2.22. The first-order valence-electron chi connectivity index (χ1n) is 26.2. The first-order valence-corrected chi connectivity index (χ1v) is 26.2. The summed E-state index contributed by atoms with van der Waals surface area (Å²) in [5, 5.41) is 23.2. The second-order valence-electron chi connectivity index (χ2n) is 17.8. The number of nitrogens with one attached hydrogen (secondary N) is 1. The van der Waals surface area contributed by atoms with Crippen molar-refractivity contribution in [2.24, 2.45) is 0 Å². The topological polar surface area (TPSA) is 95.9 Å². The Morgan fingerprint density at radius 3 is 1.35 bits per heavy atom. The highest BCUT2D eigenvalue weighted by molar-refractivity contribution is 5.76. The first-order chi connectivity index (χ1) is 29.5. The average molecular weight is 844 g/mol. The third-order valence-corrected chi connectivity index (χ3v) is 11.9. The van der Waals surface area contributed by atoms with Crippen molar-refractivity contribution >= 4 is 11.9 Å². The number of aliphatic hydroxyl groups is 2. The van der Waals surface area contributed by atoms with Crippen molar-refractivity contribution in [3.05, 3.63) is 36.5 Å². The van der Waals surface area contributed by atoms with Crippen molar-refractivity contribution in [2.75, 3.05) is 13.2 Å². The van der Waals surface area contributed by atoms with Gasteiger partial charge in [0.05, 0.1) is 25.4 Å². The fraction of sp³-hybridized carbons (Fsp3) is 0.852. The Kier molecular flexibility index (Phi) is 48.1. The SMILES string of the molecule is CCCCC/C=C\C/C=C\CCCCCCCCCCCC(=O)OCCCCCC/C=C\CCCC(=O)NC(CO)C(O)CCCCCCCCCCCCCCCCC. The van der Waals surface area contributed by atoms with Gasteiger partial charge in [0.2, 0.25) is 5.91 Å². The van der Waals surface area contributed by atoms with E-state index in [2.05, 4.69) is 55.6 Å². The highest BCUT2D eigenvalue weighted by atomic mass is 16.5. The molecule has 6 nitrogen and oxygen atoms in total. The van der Waals surface area contributed by atoms with Gasteiger partial charge in [0.1, 0.15) is 0 Å². The molecule has 0 saturated heterocycles. The molecular weight excluding hydrogens is 743 g/mol. The molecule has 2 unspecified atom stereocenters. The Morgan fingerprint density at radius 2 is 0.850 bits per heavy atom. The zero-order valence-electron chi connectivity index (χ0n) is 39.9. The van der Waals surface area contributed by atoms with Gasteiger partial charge >= 0.3 is 5.97 Å². The number of carbonyl (C=O) groups excluding carboxylic acids is 2. The van der Waals surface area contributed by atoms with E-state index in [-0.39, 0.29) is 18.5 Å². The molecule has 0 radical (unpaired) electrons. The van der Waals surface area contributed by atoms with Crippen LogP contribution in [0.3, 0.4) is 0 Å². The van der Waals surface area contributed by atoms with Gasteiger partial charge in [0, 0.05) is 12.8 Å². The van der Waals surface area contributed by atoms with Crippen LogP contribution in [0.2, 0.25) is 0 Å². The number of rotatable bonds is 48. The van der Waals surface area contributed by atoms with E-state index in [1.807, 2.05) is 0 Å². The molecule has 0 aromatic carbocycles. The van der Waals surface area contributed by atoms with Crippen LogP contribution >= 0.6 is 0 Å². The van der Waals surface area contributed by atoms with E-state index in [0.29, 0.717) is 25.9 Å². The van der Waals surface area contributed by atoms with Gasteiger partial charge in [-0.2, -0.15) is 0 Å². The Morgan fingerprint density at radius 1 is 0.467 bits per heavy atom. The number of esters is 1. The van der Waals surface area contributed by atoms with Crippen LogP contribution in [0.25, 0.3) is 0 Å². The molecule has 2 atom stereocenters. The lowest BCUT2D eigenvalue weighted by atomic mass is 10.0. The quantitative estimate of drug-likeness (QED) is 0.0322. The van der Waals surface area contributed by atoms with E-state index in [1.54, 1.807) is 0 Å². The molecule has 352 valence electrons. The third-order valence-electron chi connectivity index (χ3n) is 11.9. The van der Waals surface area contributed by atoms with Crippen LogP contribution in [0.15, 0.2) is 36.5 Å². The summed E-state index contributed by atoms with van der Waals surface area (Å²) in [7, 11) is 0. The van der Waals surface area contributed by atoms with Crippen LogP contribution in [0.1, 0.15) is 271 Å². The number of amides is 1. The lowest BCUT2D eigenvalue weighted by molar-refractivity contribution is -0.143. The van der Waals surface area contributed by atoms with E-state index < -0.39 is 12.1 Å². The monoisotopic (exact) mass is 844 g/mol. The lowest BCUT2D eigenvalue weighted by Crippen LogP contribution is -2.45. The molecule has 0 bridgehead atoms. The molecular formula is C54H101NO5. The molecule has 0 aromatic heterocycles. The highest BCUT2D eigenvalue weighted by Gasteiger charge is 2.20. The van der Waals surface area contributed by atoms with Gasteiger partial charge in [-0.05, 0) is 77.0 Å². The third kappa shape index (κ3) is 45.6. The summed E-state index contributed by atoms with van der Waals surface area (Å²) in [5.74, 6) is -0.136. The van der Waals surface area contributed by atoms with Gasteiger partial charge in [0.25, 0.3) is 0 Å². The van der Waals surface area contributed by atoms with Gasteiger partial charge < -0.3 is 20.3 Å². The maximum Gasteiger partial charge on any atom is 0.305 e. The molecule has 0 aliphatic rings. The van der Waals surface area contributed by atoms with Crippen LogP contribution in [0.4, 0.5) is 0 Å². The minimum absolute atomic E-state index is 0.0397. The maximum atomic E-state index is 12.4. The summed E-state index contributed by atoms with van der Waals surface area (Å²) in [6, 6.07) is -0.580. The van der Waals surface area contributed by atoms with Crippen molar-refractivity contribution in [2.45, 2.75) is 283 Å². The largest absolute Gasteiger partial charge is 0.466 e. The second kappa shape index (κ2) is 49.7. The van der Waals surface area contributed by atoms with Gasteiger partial charge in [-0.1, -0.05) is 217 Å². The predicted octanol–water partition coefficient (Wildman–Crippen LogP) is 15.7. The van der Waals surface area contributed by atoms with Gasteiger partial charge in [-0.25, -0.2) is 0 Å². The van der Waals surface area contributed by atoms with Crippen molar-refractivity contribution in [1.82, 2.24) is 5.32 Å². The Hall–Kier alpha value is -1.92. The van der Waals surface area contributed by atoms with E-state index in [0.717, 1.165) is 77.0 Å². The molecule has 60 heavy (non-hydrogen) atoms. The van der Waals surface area contributed by atoms with E-state index in [4.69, 9.17) is 4.74 Å². The summed E-state index contributed by atoms with van der Waals surface area (Å²) in [4.78, 5) is 24.5. The molecule has 0 aliphatic heterocycles. The van der Waals surface area contributed by atoms with Gasteiger partial charge in [-0.15, -0.1) is 0 Å². The number of carbonyl (C=O) groups is 2. The molecule has 6 heteroatoms. The molecule has 0 spiro atoms. The Balaban J connectivity index is 3.53. The van der Waals surface area contributed by atoms with Crippen LogP contribution in [0, 0.1) is 0 Å². The van der Waals surface area contributed by atoms with Crippen LogP contribution in [-0.2, 0) is 14.3 Å². The van der Waals surface area contributed by atoms with Crippen LogP contribution in [-0.4, -0.2) is 47.4 Å². The van der Waals surface area contributed by atoms with E-state index >= 15 is 0 Å². The van der Waals surface area contributed by atoms with Crippen molar-refractivity contribution in [3.8, 4) is 0 Å². The molecule has 3 N–H and O–H groups in total. The second-order valence-corrected chi connectivity index (χ2v) is 17.8. The number of ether oxygens (including phenoxy) is 1. The molecule has 0 aliphatic carbocycles. The molecule has 0 rings (SSSR count). The number of aliphatic hydroxyl groups excluding tert-OH is 2. The fourth-order valence-corrected chi connectivity index (χ4v) is 7.85. The number of hydrogen-bond acceptors (Lipinski definition) is 5. The molecule has 0 aromatic rings. The summed E-state index contributed by atoms with van der Waals surface area (Å²) in [6.45, 7) is 4.84. The Bertz CT molecular complexity index is 977. The molecule has 0 heterocycles. The standard InChI is InChI=1S/C54H101NO5/c1-3-5-7-9-11-13-15-17-19-20-21-22-24-26-28-32-36-40-44-48-54(59)60-49-45-41-37-33-29-31-35-39-43-47-53(58)55-51(50-56)52(57)46-42-38-34-30-27-25-23-18-16-14-12-10-8-6-4-2/h11,13,17,19,31,35,51-52,56-57H,3-10,12,14-16,18,20-30,32-34,36-50H2,1-2H3,(H,55,58)/b13-11-,19-17-,35-31-.